The number of rotatable bonds is 0. The van der Waals surface area contributed by atoms with E-state index in [4.69, 9.17) is 10.4 Å². The molecule has 0 aromatic heterocycles. The minimum absolute atomic E-state index is 0. The molecule has 0 saturated carbocycles. The summed E-state index contributed by atoms with van der Waals surface area (Å²) in [5.74, 6) is 0. The van der Waals surface area contributed by atoms with Gasteiger partial charge in [0, 0.05) is 33.6 Å². The quantitative estimate of drug-likeness (QED) is 0.331. The van der Waals surface area contributed by atoms with Crippen LogP contribution in [0.15, 0.2) is 0 Å². The van der Waals surface area contributed by atoms with Crippen LogP contribution in [-0.4, -0.2) is 5.11 Å². The van der Waals surface area contributed by atoms with Crippen LogP contribution in [0.25, 0.3) is 0 Å². The molecule has 0 bridgehead atoms. The van der Waals surface area contributed by atoms with Gasteiger partial charge < -0.3 is 6.53 Å². The van der Waals surface area contributed by atoms with E-state index >= 15 is 0 Å². The largest absolute Gasteiger partial charge is 1.00 e. The molecule has 0 aromatic carbocycles. The molecule has 0 spiro atoms. The van der Waals surface area contributed by atoms with Crippen molar-refractivity contribution in [2.75, 3.05) is 0 Å². The average molecular weight is 198 g/mol. The summed E-state index contributed by atoms with van der Waals surface area (Å²) in [5.41, 5.74) is 0. The fourth-order valence-electron chi connectivity index (χ4n) is 0. The predicted molar refractivity (Wildman–Crippen MR) is 8.66 cm³/mol. The zero-order valence-electron chi connectivity index (χ0n) is 4.06. The van der Waals surface area contributed by atoms with Crippen molar-refractivity contribution in [2.45, 2.75) is 0 Å². The van der Waals surface area contributed by atoms with Crippen LogP contribution in [0, 0.1) is 11.5 Å². The van der Waals surface area contributed by atoms with Gasteiger partial charge in [0.25, 0.3) is 6.26 Å². The number of nitrogens with zero attached hydrogens (tertiary/aromatic N) is 1. The molecule has 0 saturated heterocycles. The SMILES string of the molecule is N#CO.[Fe].[H-].[K+].[Ni]. The van der Waals surface area contributed by atoms with E-state index < -0.39 is 0 Å². The molecule has 0 heterocycles. The first-order valence-corrected chi connectivity index (χ1v) is 0.447. The van der Waals surface area contributed by atoms with Crippen molar-refractivity contribution in [3.8, 4) is 6.26 Å². The summed E-state index contributed by atoms with van der Waals surface area (Å²) in [4.78, 5) is 0. The molecule has 2 nitrogen and oxygen atoms in total. The Morgan fingerprint density at radius 1 is 1.67 bits per heavy atom. The fraction of sp³-hybridized carbons (Fsp3) is 0. The predicted octanol–water partition coefficient (Wildman–Crippen LogP) is -3.05. The van der Waals surface area contributed by atoms with E-state index in [0.717, 1.165) is 6.26 Å². The Bertz CT molecular complexity index is 41.2. The first-order valence-electron chi connectivity index (χ1n) is 0.447. The third kappa shape index (κ3) is 38.5. The Morgan fingerprint density at radius 3 is 1.67 bits per heavy atom. The summed E-state index contributed by atoms with van der Waals surface area (Å²) in [6.45, 7) is 0. The van der Waals surface area contributed by atoms with Crippen molar-refractivity contribution < 1.29 is 91.5 Å². The zero-order valence-corrected chi connectivity index (χ0v) is 8.28. The summed E-state index contributed by atoms with van der Waals surface area (Å²) >= 11 is 0. The van der Waals surface area contributed by atoms with Crippen LogP contribution >= 0.6 is 0 Å². The second-order valence-electron chi connectivity index (χ2n) is 0.100. The van der Waals surface area contributed by atoms with Crippen molar-refractivity contribution in [2.24, 2.45) is 0 Å². The van der Waals surface area contributed by atoms with Gasteiger partial charge in [-0.2, -0.15) is 5.26 Å². The van der Waals surface area contributed by atoms with Gasteiger partial charge in [0.2, 0.25) is 0 Å². The first kappa shape index (κ1) is 24.6. The van der Waals surface area contributed by atoms with Crippen LogP contribution in [-0.2, 0) is 33.6 Å². The van der Waals surface area contributed by atoms with Crippen molar-refractivity contribution in [3.63, 3.8) is 0 Å². The summed E-state index contributed by atoms with van der Waals surface area (Å²) in [7, 11) is 0. The summed E-state index contributed by atoms with van der Waals surface area (Å²) < 4.78 is 0. The number of aliphatic hydroxyl groups excluding tert-OH is 1. The van der Waals surface area contributed by atoms with Gasteiger partial charge in [0.15, 0.2) is 0 Å². The molecule has 5 heteroatoms. The van der Waals surface area contributed by atoms with Crippen LogP contribution < -0.4 is 51.4 Å². The normalized spacial score (nSPS) is 1.17. The van der Waals surface area contributed by atoms with Crippen LogP contribution in [0.2, 0.25) is 0 Å². The van der Waals surface area contributed by atoms with E-state index in [9.17, 15) is 0 Å². The van der Waals surface area contributed by atoms with E-state index in [1.807, 2.05) is 0 Å². The molecule has 0 atom stereocenters. The molecule has 6 heavy (non-hydrogen) atoms. The Morgan fingerprint density at radius 2 is 1.67 bits per heavy atom. The molecule has 0 aromatic rings. The molecule has 0 radical (unpaired) electrons. The van der Waals surface area contributed by atoms with Crippen LogP contribution in [0.4, 0.5) is 0 Å². The molecule has 0 unspecified atom stereocenters. The van der Waals surface area contributed by atoms with E-state index in [1.54, 1.807) is 0 Å². The molecule has 0 fully saturated rings. The summed E-state index contributed by atoms with van der Waals surface area (Å²) in [5, 5.41) is 13.8. The van der Waals surface area contributed by atoms with Gasteiger partial charge in [0.05, 0.1) is 0 Å². The van der Waals surface area contributed by atoms with Crippen LogP contribution in [0.1, 0.15) is 1.43 Å². The minimum atomic E-state index is 0. The van der Waals surface area contributed by atoms with Crippen LogP contribution in [0.3, 0.4) is 0 Å². The zero-order chi connectivity index (χ0) is 2.71. The molecule has 0 aliphatic rings. The Labute approximate surface area is 101 Å². The van der Waals surface area contributed by atoms with Crippen molar-refractivity contribution in [1.82, 2.24) is 0 Å². The second kappa shape index (κ2) is 28.3. The van der Waals surface area contributed by atoms with Gasteiger partial charge >= 0.3 is 51.4 Å². The van der Waals surface area contributed by atoms with Gasteiger partial charge in [-0.05, 0) is 0 Å². The standard InChI is InChI=1S/CHNO.Fe.K.Ni.H/c2-1-3;;;;/h3H;;;;/q;;+1;;-1. The molecule has 0 rings (SSSR count). The molecule has 0 aliphatic heterocycles. The number of aliphatic hydroxyl groups is 1. The van der Waals surface area contributed by atoms with Crippen molar-refractivity contribution in [3.05, 3.63) is 0 Å². The first-order chi connectivity index (χ1) is 1.41. The molecule has 36 valence electrons. The third-order valence-corrected chi connectivity index (χ3v) is 0. The third-order valence-electron chi connectivity index (χ3n) is 0. The average Bonchev–Trinajstić information content (AvgIpc) is 0.918. The van der Waals surface area contributed by atoms with Crippen molar-refractivity contribution in [1.29, 1.82) is 5.26 Å². The molecule has 0 aliphatic carbocycles. The number of nitriles is 1. The molecular formula is CH2FeKNNiO. The molecular weight excluding hydrogens is 196 g/mol. The van der Waals surface area contributed by atoms with Gasteiger partial charge in [-0.25, -0.2) is 0 Å². The van der Waals surface area contributed by atoms with E-state index in [-0.39, 0.29) is 86.4 Å². The van der Waals surface area contributed by atoms with E-state index in [2.05, 4.69) is 0 Å². The molecule has 0 amide bonds. The van der Waals surface area contributed by atoms with Crippen molar-refractivity contribution >= 4 is 0 Å². The number of hydrogen-bond acceptors (Lipinski definition) is 2. The maximum absolute atomic E-state index is 6.88. The van der Waals surface area contributed by atoms with E-state index in [0.29, 0.717) is 0 Å². The topological polar surface area (TPSA) is 44.0 Å². The fourth-order valence-corrected chi connectivity index (χ4v) is 0. The van der Waals surface area contributed by atoms with Gasteiger partial charge in [-0.15, -0.1) is 0 Å². The van der Waals surface area contributed by atoms with Gasteiger partial charge in [-0.3, -0.25) is 0 Å². The summed E-state index contributed by atoms with van der Waals surface area (Å²) in [6, 6.07) is 0. The maximum atomic E-state index is 6.88. The second-order valence-corrected chi connectivity index (χ2v) is 0.100. The van der Waals surface area contributed by atoms with E-state index in [1.165, 1.54) is 0 Å². The van der Waals surface area contributed by atoms with Gasteiger partial charge in [-0.1, -0.05) is 0 Å². The van der Waals surface area contributed by atoms with Crippen LogP contribution in [0.5, 0.6) is 0 Å². The smallest absolute Gasteiger partial charge is 1.00 e. The maximum Gasteiger partial charge on any atom is 1.00 e. The molecule has 1 N–H and O–H groups in total. The Balaban J connectivity index is -0.00000000333. The Hall–Kier alpha value is 1.94. The summed E-state index contributed by atoms with van der Waals surface area (Å²) in [6.07, 6.45) is 0.750. The minimum Gasteiger partial charge on any atom is -1.00 e. The number of hydrogen-bond donors (Lipinski definition) is 1. The van der Waals surface area contributed by atoms with Gasteiger partial charge in [0.1, 0.15) is 0 Å². The Kier molecular flexibility index (Phi) is 116. The monoisotopic (exact) mass is 197 g/mol.